The molecular weight excluding hydrogens is 264 g/mol. The summed E-state index contributed by atoms with van der Waals surface area (Å²) in [4.78, 5) is 8.20. The highest BCUT2D eigenvalue weighted by molar-refractivity contribution is 7.93. The highest BCUT2D eigenvalue weighted by atomic mass is 32.2. The van der Waals surface area contributed by atoms with E-state index in [1.54, 1.807) is 12.4 Å². The van der Waals surface area contributed by atoms with Gasteiger partial charge in [0.25, 0.3) is 0 Å². The van der Waals surface area contributed by atoms with Crippen LogP contribution in [0, 0.1) is 0 Å². The lowest BCUT2D eigenvalue weighted by molar-refractivity contribution is 0.272. The molecule has 0 aromatic carbocycles. The Morgan fingerprint density at radius 2 is 2.26 bits per heavy atom. The Morgan fingerprint density at radius 1 is 1.42 bits per heavy atom. The van der Waals surface area contributed by atoms with Crippen molar-refractivity contribution in [2.24, 2.45) is 0 Å². The zero-order valence-electron chi connectivity index (χ0n) is 10.9. The predicted molar refractivity (Wildman–Crippen MR) is 72.3 cm³/mol. The maximum atomic E-state index is 12.4. The number of nitrogens with one attached hydrogen (secondary N) is 1. The van der Waals surface area contributed by atoms with E-state index in [-0.39, 0.29) is 11.3 Å². The van der Waals surface area contributed by atoms with E-state index in [4.69, 9.17) is 0 Å². The van der Waals surface area contributed by atoms with Crippen molar-refractivity contribution in [3.05, 3.63) is 18.6 Å². The Hall–Kier alpha value is -1.21. The van der Waals surface area contributed by atoms with Gasteiger partial charge in [-0.15, -0.1) is 0 Å². The van der Waals surface area contributed by atoms with Crippen molar-refractivity contribution in [1.29, 1.82) is 0 Å². The number of sulfonamides is 1. The van der Waals surface area contributed by atoms with Crippen LogP contribution in [0.1, 0.15) is 26.2 Å². The Labute approximate surface area is 113 Å². The van der Waals surface area contributed by atoms with Gasteiger partial charge in [0, 0.05) is 18.4 Å². The molecule has 2 atom stereocenters. The molecule has 0 aliphatic carbocycles. The van der Waals surface area contributed by atoms with E-state index in [0.29, 0.717) is 18.3 Å². The molecule has 2 aliphatic rings. The van der Waals surface area contributed by atoms with Gasteiger partial charge >= 0.3 is 0 Å². The topological polar surface area (TPSA) is 75.2 Å². The van der Waals surface area contributed by atoms with Crippen LogP contribution in [0.25, 0.3) is 0 Å². The highest BCUT2D eigenvalue weighted by Crippen LogP contribution is 2.42. The molecule has 1 spiro atoms. The van der Waals surface area contributed by atoms with Crippen LogP contribution in [0.2, 0.25) is 0 Å². The second kappa shape index (κ2) is 4.42. The van der Waals surface area contributed by atoms with Crippen molar-refractivity contribution in [2.45, 2.75) is 37.8 Å². The van der Waals surface area contributed by atoms with Crippen molar-refractivity contribution in [3.63, 3.8) is 0 Å². The quantitative estimate of drug-likeness (QED) is 0.813. The van der Waals surface area contributed by atoms with Gasteiger partial charge in [-0.05, 0) is 32.7 Å². The van der Waals surface area contributed by atoms with Gasteiger partial charge in [-0.3, -0.25) is 4.98 Å². The van der Waals surface area contributed by atoms with Gasteiger partial charge in [-0.25, -0.2) is 17.7 Å². The average Bonchev–Trinajstić information content (AvgIpc) is 2.62. The first-order valence-electron chi connectivity index (χ1n) is 6.56. The summed E-state index contributed by atoms with van der Waals surface area (Å²) in [5.74, 6) is 0.658. The minimum absolute atomic E-state index is 0.205. The third-order valence-electron chi connectivity index (χ3n) is 4.06. The smallest absolute Gasteiger partial charge is 0.236 e. The molecule has 3 heterocycles. The molecule has 2 unspecified atom stereocenters. The molecular formula is C12H18N4O2S. The number of aromatic nitrogens is 2. The maximum Gasteiger partial charge on any atom is 0.236 e. The van der Waals surface area contributed by atoms with E-state index in [2.05, 4.69) is 22.2 Å². The number of anilines is 1. The van der Waals surface area contributed by atoms with E-state index in [9.17, 15) is 8.42 Å². The van der Waals surface area contributed by atoms with Crippen molar-refractivity contribution in [3.8, 4) is 0 Å². The first-order valence-corrected chi connectivity index (χ1v) is 8.17. The van der Waals surface area contributed by atoms with Gasteiger partial charge < -0.3 is 5.32 Å². The van der Waals surface area contributed by atoms with Gasteiger partial charge in [-0.1, -0.05) is 0 Å². The zero-order valence-corrected chi connectivity index (χ0v) is 11.7. The van der Waals surface area contributed by atoms with Crippen LogP contribution in [0.15, 0.2) is 18.6 Å². The summed E-state index contributed by atoms with van der Waals surface area (Å²) < 4.78 is 26.3. The standard InChI is InChI=1S/C12H18N4O2S/c1-10-8-12(2-4-14-10)3-7-19(17,18)16(12)11-9-13-5-6-15-11/h5-6,9-10,14H,2-4,7-8H2,1H3. The lowest BCUT2D eigenvalue weighted by Gasteiger charge is -2.42. The molecule has 6 nitrogen and oxygen atoms in total. The van der Waals surface area contributed by atoms with Gasteiger partial charge in [0.2, 0.25) is 10.0 Å². The molecule has 1 N–H and O–H groups in total. The van der Waals surface area contributed by atoms with E-state index >= 15 is 0 Å². The Morgan fingerprint density at radius 3 is 2.95 bits per heavy atom. The summed E-state index contributed by atoms with van der Waals surface area (Å²) in [7, 11) is -3.27. The SMILES string of the molecule is CC1CC2(CCN1)CCS(=O)(=O)N2c1cnccn1. The van der Waals surface area contributed by atoms with Crippen LogP contribution in [-0.4, -0.2) is 42.3 Å². The average molecular weight is 282 g/mol. The van der Waals surface area contributed by atoms with Crippen LogP contribution in [0.3, 0.4) is 0 Å². The van der Waals surface area contributed by atoms with Crippen molar-refractivity contribution in [2.75, 3.05) is 16.6 Å². The van der Waals surface area contributed by atoms with Crippen molar-refractivity contribution < 1.29 is 8.42 Å². The van der Waals surface area contributed by atoms with Gasteiger partial charge in [0.15, 0.2) is 5.82 Å². The molecule has 2 aliphatic heterocycles. The van der Waals surface area contributed by atoms with Crippen molar-refractivity contribution >= 4 is 15.8 Å². The number of hydrogen-bond acceptors (Lipinski definition) is 5. The lowest BCUT2D eigenvalue weighted by Crippen LogP contribution is -2.55. The lowest BCUT2D eigenvalue weighted by atomic mass is 9.82. The molecule has 0 amide bonds. The molecule has 2 fully saturated rings. The molecule has 3 rings (SSSR count). The zero-order chi connectivity index (χ0) is 13.5. The summed E-state index contributed by atoms with van der Waals surface area (Å²) in [6.07, 6.45) is 6.97. The van der Waals surface area contributed by atoms with Gasteiger partial charge in [0.1, 0.15) is 0 Å². The summed E-state index contributed by atoms with van der Waals surface area (Å²) in [5, 5.41) is 3.37. The Bertz CT molecular complexity index is 562. The fraction of sp³-hybridized carbons (Fsp3) is 0.667. The highest BCUT2D eigenvalue weighted by Gasteiger charge is 2.51. The fourth-order valence-electron chi connectivity index (χ4n) is 3.30. The molecule has 19 heavy (non-hydrogen) atoms. The first kappa shape index (κ1) is 12.8. The van der Waals surface area contributed by atoms with Crippen LogP contribution < -0.4 is 9.62 Å². The monoisotopic (exact) mass is 282 g/mol. The molecule has 1 aromatic rings. The normalized spacial score (nSPS) is 33.7. The van der Waals surface area contributed by atoms with Crippen LogP contribution in [0.4, 0.5) is 5.82 Å². The number of hydrogen-bond donors (Lipinski definition) is 1. The summed E-state index contributed by atoms with van der Waals surface area (Å²) in [5.41, 5.74) is -0.320. The summed E-state index contributed by atoms with van der Waals surface area (Å²) >= 11 is 0. The first-order chi connectivity index (χ1) is 9.04. The predicted octanol–water partition coefficient (Wildman–Crippen LogP) is 0.527. The molecule has 1 aromatic heterocycles. The second-order valence-corrected chi connectivity index (χ2v) is 7.36. The number of piperidine rings is 1. The Kier molecular flexibility index (Phi) is 2.98. The van der Waals surface area contributed by atoms with E-state index in [0.717, 1.165) is 19.4 Å². The third kappa shape index (κ3) is 2.10. The van der Waals surface area contributed by atoms with Gasteiger partial charge in [-0.2, -0.15) is 0 Å². The minimum atomic E-state index is -3.27. The van der Waals surface area contributed by atoms with Crippen LogP contribution in [-0.2, 0) is 10.0 Å². The van der Waals surface area contributed by atoms with E-state index < -0.39 is 10.0 Å². The molecule has 7 heteroatoms. The molecule has 2 saturated heterocycles. The van der Waals surface area contributed by atoms with E-state index in [1.165, 1.54) is 10.5 Å². The largest absolute Gasteiger partial charge is 0.314 e. The van der Waals surface area contributed by atoms with Crippen molar-refractivity contribution in [1.82, 2.24) is 15.3 Å². The molecule has 0 bridgehead atoms. The minimum Gasteiger partial charge on any atom is -0.314 e. The van der Waals surface area contributed by atoms with E-state index in [1.807, 2.05) is 0 Å². The molecule has 104 valence electrons. The second-order valence-electron chi connectivity index (χ2n) is 5.43. The molecule has 0 radical (unpaired) electrons. The van der Waals surface area contributed by atoms with Crippen LogP contribution in [0.5, 0.6) is 0 Å². The maximum absolute atomic E-state index is 12.4. The summed E-state index contributed by atoms with van der Waals surface area (Å²) in [6, 6.07) is 0.321. The number of nitrogens with zero attached hydrogens (tertiary/aromatic N) is 3. The Balaban J connectivity index is 2.05. The molecule has 0 saturated carbocycles. The third-order valence-corrected chi connectivity index (χ3v) is 5.91. The van der Waals surface area contributed by atoms with Crippen LogP contribution >= 0.6 is 0 Å². The van der Waals surface area contributed by atoms with Gasteiger partial charge in [0.05, 0.1) is 17.5 Å². The summed E-state index contributed by atoms with van der Waals surface area (Å²) in [6.45, 7) is 2.94. The fourth-order valence-corrected chi connectivity index (χ4v) is 5.34. The number of rotatable bonds is 1.